The summed E-state index contributed by atoms with van der Waals surface area (Å²) in [5.41, 5.74) is 8.20. The SMILES string of the molecule is CCCCOc1ccc(C(=O)N2CCc3cnc(N)nc3C2)cc1. The van der Waals surface area contributed by atoms with Gasteiger partial charge in [0.1, 0.15) is 5.75 Å². The smallest absolute Gasteiger partial charge is 0.254 e. The van der Waals surface area contributed by atoms with Crippen LogP contribution in [0.25, 0.3) is 0 Å². The van der Waals surface area contributed by atoms with E-state index in [1.54, 1.807) is 11.1 Å². The van der Waals surface area contributed by atoms with E-state index < -0.39 is 0 Å². The summed E-state index contributed by atoms with van der Waals surface area (Å²) in [6, 6.07) is 7.32. The lowest BCUT2D eigenvalue weighted by Gasteiger charge is -2.28. The highest BCUT2D eigenvalue weighted by Gasteiger charge is 2.23. The molecule has 0 fully saturated rings. The van der Waals surface area contributed by atoms with Crippen molar-refractivity contribution in [2.24, 2.45) is 0 Å². The first-order valence-electron chi connectivity index (χ1n) is 8.29. The molecule has 0 saturated heterocycles. The fraction of sp³-hybridized carbons (Fsp3) is 0.389. The van der Waals surface area contributed by atoms with Crippen LogP contribution < -0.4 is 10.5 Å². The number of nitrogens with zero attached hydrogens (tertiary/aromatic N) is 3. The molecule has 1 aliphatic rings. The van der Waals surface area contributed by atoms with Gasteiger partial charge in [-0.05, 0) is 42.7 Å². The third-order valence-electron chi connectivity index (χ3n) is 4.12. The van der Waals surface area contributed by atoms with E-state index in [4.69, 9.17) is 10.5 Å². The van der Waals surface area contributed by atoms with Gasteiger partial charge in [0.15, 0.2) is 0 Å². The number of carbonyl (C=O) groups is 1. The Bertz CT molecular complexity index is 715. The fourth-order valence-corrected chi connectivity index (χ4v) is 2.70. The van der Waals surface area contributed by atoms with Crippen molar-refractivity contribution in [1.82, 2.24) is 14.9 Å². The highest BCUT2D eigenvalue weighted by Crippen LogP contribution is 2.20. The summed E-state index contributed by atoms with van der Waals surface area (Å²) in [5.74, 6) is 1.04. The highest BCUT2D eigenvalue weighted by atomic mass is 16.5. The Morgan fingerprint density at radius 3 is 2.88 bits per heavy atom. The highest BCUT2D eigenvalue weighted by molar-refractivity contribution is 5.94. The molecule has 6 nitrogen and oxygen atoms in total. The summed E-state index contributed by atoms with van der Waals surface area (Å²) in [6.45, 7) is 3.96. The normalized spacial score (nSPS) is 13.5. The van der Waals surface area contributed by atoms with Gasteiger partial charge in [0.05, 0.1) is 18.8 Å². The average Bonchev–Trinajstić information content (AvgIpc) is 2.61. The number of hydrogen-bond donors (Lipinski definition) is 1. The van der Waals surface area contributed by atoms with Crippen LogP contribution in [0.1, 0.15) is 41.4 Å². The maximum atomic E-state index is 12.7. The van der Waals surface area contributed by atoms with Crippen LogP contribution in [0.15, 0.2) is 30.5 Å². The van der Waals surface area contributed by atoms with Crippen LogP contribution in [0.4, 0.5) is 5.95 Å². The number of benzene rings is 1. The van der Waals surface area contributed by atoms with Crippen LogP contribution in [-0.2, 0) is 13.0 Å². The molecule has 0 aliphatic carbocycles. The van der Waals surface area contributed by atoms with Crippen LogP contribution in [-0.4, -0.2) is 33.9 Å². The lowest BCUT2D eigenvalue weighted by atomic mass is 10.1. The predicted molar refractivity (Wildman–Crippen MR) is 91.7 cm³/mol. The van der Waals surface area contributed by atoms with Gasteiger partial charge in [0.25, 0.3) is 5.91 Å². The number of amides is 1. The second-order valence-electron chi connectivity index (χ2n) is 5.90. The second kappa shape index (κ2) is 7.29. The van der Waals surface area contributed by atoms with Gasteiger partial charge in [0.2, 0.25) is 5.95 Å². The average molecular weight is 326 g/mol. The predicted octanol–water partition coefficient (Wildman–Crippen LogP) is 2.44. The van der Waals surface area contributed by atoms with Crippen LogP contribution in [0.2, 0.25) is 0 Å². The van der Waals surface area contributed by atoms with Gasteiger partial charge in [-0.25, -0.2) is 9.97 Å². The topological polar surface area (TPSA) is 81.3 Å². The summed E-state index contributed by atoms with van der Waals surface area (Å²) in [6.07, 6.45) is 4.63. The van der Waals surface area contributed by atoms with E-state index in [2.05, 4.69) is 16.9 Å². The minimum absolute atomic E-state index is 0.00191. The lowest BCUT2D eigenvalue weighted by molar-refractivity contribution is 0.0731. The molecule has 24 heavy (non-hydrogen) atoms. The fourth-order valence-electron chi connectivity index (χ4n) is 2.70. The number of aromatic nitrogens is 2. The zero-order valence-electron chi connectivity index (χ0n) is 13.9. The maximum Gasteiger partial charge on any atom is 0.254 e. The minimum atomic E-state index is -0.00191. The lowest BCUT2D eigenvalue weighted by Crippen LogP contribution is -2.36. The molecule has 2 aromatic rings. The van der Waals surface area contributed by atoms with Gasteiger partial charge in [-0.2, -0.15) is 0 Å². The van der Waals surface area contributed by atoms with Crippen LogP contribution in [0, 0.1) is 0 Å². The third kappa shape index (κ3) is 3.64. The number of fused-ring (bicyclic) bond motifs is 1. The number of rotatable bonds is 5. The Morgan fingerprint density at radius 1 is 1.33 bits per heavy atom. The molecule has 1 aromatic carbocycles. The molecule has 0 saturated carbocycles. The molecule has 6 heteroatoms. The molecule has 0 atom stereocenters. The molecule has 126 valence electrons. The molecular formula is C18H22N4O2. The van der Waals surface area contributed by atoms with E-state index in [0.29, 0.717) is 25.3 Å². The largest absolute Gasteiger partial charge is 0.494 e. The summed E-state index contributed by atoms with van der Waals surface area (Å²) in [5, 5.41) is 0. The van der Waals surface area contributed by atoms with E-state index >= 15 is 0 Å². The van der Waals surface area contributed by atoms with Crippen molar-refractivity contribution in [2.75, 3.05) is 18.9 Å². The van der Waals surface area contributed by atoms with E-state index in [1.165, 1.54) is 0 Å². The molecule has 3 rings (SSSR count). The first-order valence-corrected chi connectivity index (χ1v) is 8.29. The number of hydrogen-bond acceptors (Lipinski definition) is 5. The Balaban J connectivity index is 1.66. The molecule has 0 unspecified atom stereocenters. The summed E-state index contributed by atoms with van der Waals surface area (Å²) in [7, 11) is 0. The van der Waals surface area contributed by atoms with Crippen molar-refractivity contribution in [3.63, 3.8) is 0 Å². The molecule has 0 radical (unpaired) electrons. The van der Waals surface area contributed by atoms with Crippen molar-refractivity contribution >= 4 is 11.9 Å². The van der Waals surface area contributed by atoms with Crippen LogP contribution in [0.5, 0.6) is 5.75 Å². The van der Waals surface area contributed by atoms with E-state index in [1.807, 2.05) is 24.3 Å². The van der Waals surface area contributed by atoms with E-state index in [-0.39, 0.29) is 11.9 Å². The molecular weight excluding hydrogens is 304 g/mol. The van der Waals surface area contributed by atoms with Crippen molar-refractivity contribution in [3.8, 4) is 5.75 Å². The number of anilines is 1. The van der Waals surface area contributed by atoms with Crippen molar-refractivity contribution in [1.29, 1.82) is 0 Å². The van der Waals surface area contributed by atoms with Crippen LogP contribution >= 0.6 is 0 Å². The summed E-state index contributed by atoms with van der Waals surface area (Å²) < 4.78 is 5.63. The first-order chi connectivity index (χ1) is 11.7. The standard InChI is InChI=1S/C18H22N4O2/c1-2-3-10-24-15-6-4-13(5-7-15)17(23)22-9-8-14-11-20-18(19)21-16(14)12-22/h4-7,11H,2-3,8-10,12H2,1H3,(H2,19,20,21). The molecule has 0 bridgehead atoms. The van der Waals surface area contributed by atoms with Crippen LogP contribution in [0.3, 0.4) is 0 Å². The Hall–Kier alpha value is -2.63. The van der Waals surface area contributed by atoms with Gasteiger partial charge in [0, 0.05) is 18.3 Å². The maximum absolute atomic E-state index is 12.7. The zero-order valence-corrected chi connectivity index (χ0v) is 13.9. The molecule has 2 heterocycles. The second-order valence-corrected chi connectivity index (χ2v) is 5.90. The van der Waals surface area contributed by atoms with Gasteiger partial charge in [-0.15, -0.1) is 0 Å². The summed E-state index contributed by atoms with van der Waals surface area (Å²) in [4.78, 5) is 22.7. The first kappa shape index (κ1) is 16.2. The molecule has 0 spiro atoms. The van der Waals surface area contributed by atoms with E-state index in [0.717, 1.165) is 36.3 Å². The Kier molecular flexibility index (Phi) is 4.93. The van der Waals surface area contributed by atoms with Crippen molar-refractivity contribution in [3.05, 3.63) is 47.3 Å². The van der Waals surface area contributed by atoms with Crippen molar-refractivity contribution in [2.45, 2.75) is 32.7 Å². The summed E-state index contributed by atoms with van der Waals surface area (Å²) >= 11 is 0. The van der Waals surface area contributed by atoms with E-state index in [9.17, 15) is 4.79 Å². The van der Waals surface area contributed by atoms with Gasteiger partial charge >= 0.3 is 0 Å². The number of unbranched alkanes of at least 4 members (excludes halogenated alkanes) is 1. The number of carbonyl (C=O) groups excluding carboxylic acids is 1. The van der Waals surface area contributed by atoms with Gasteiger partial charge < -0.3 is 15.4 Å². The Morgan fingerprint density at radius 2 is 2.12 bits per heavy atom. The monoisotopic (exact) mass is 326 g/mol. The molecule has 1 amide bonds. The quantitative estimate of drug-likeness (QED) is 0.854. The number of nitrogen functional groups attached to an aromatic ring is 1. The number of ether oxygens (including phenoxy) is 1. The molecule has 1 aliphatic heterocycles. The number of nitrogens with two attached hydrogens (primary N) is 1. The van der Waals surface area contributed by atoms with Gasteiger partial charge in [-0.1, -0.05) is 13.3 Å². The molecule has 1 aromatic heterocycles. The minimum Gasteiger partial charge on any atom is -0.494 e. The van der Waals surface area contributed by atoms with Crippen molar-refractivity contribution < 1.29 is 9.53 Å². The van der Waals surface area contributed by atoms with Gasteiger partial charge in [-0.3, -0.25) is 4.79 Å². The zero-order chi connectivity index (χ0) is 16.9. The molecule has 2 N–H and O–H groups in total. The Labute approximate surface area is 141 Å². The third-order valence-corrected chi connectivity index (χ3v) is 4.12.